The molecular weight excluding hydrogens is 294 g/mol. The number of hydrogen-bond acceptors (Lipinski definition) is 3. The third-order valence-electron chi connectivity index (χ3n) is 2.99. The SMILES string of the molecule is Nc1cccc2cc(C(=O)NCc3ccc(Cl)s3)[nH]c12. The van der Waals surface area contributed by atoms with Crippen LogP contribution in [-0.4, -0.2) is 10.9 Å². The number of nitrogen functional groups attached to an aromatic ring is 1. The van der Waals surface area contributed by atoms with E-state index >= 15 is 0 Å². The van der Waals surface area contributed by atoms with Gasteiger partial charge in [0.2, 0.25) is 0 Å². The minimum absolute atomic E-state index is 0.162. The van der Waals surface area contributed by atoms with Crippen LogP contribution in [0.15, 0.2) is 36.4 Å². The zero-order chi connectivity index (χ0) is 14.1. The number of nitrogens with two attached hydrogens (primary N) is 1. The van der Waals surface area contributed by atoms with Gasteiger partial charge < -0.3 is 16.0 Å². The Kier molecular flexibility index (Phi) is 3.38. The van der Waals surface area contributed by atoms with E-state index in [2.05, 4.69) is 10.3 Å². The summed E-state index contributed by atoms with van der Waals surface area (Å²) in [4.78, 5) is 16.2. The molecule has 0 unspecified atom stereocenters. The van der Waals surface area contributed by atoms with Gasteiger partial charge in [-0.1, -0.05) is 23.7 Å². The summed E-state index contributed by atoms with van der Waals surface area (Å²) in [5.41, 5.74) is 7.78. The van der Waals surface area contributed by atoms with Crippen molar-refractivity contribution in [2.45, 2.75) is 6.54 Å². The highest BCUT2D eigenvalue weighted by Crippen LogP contribution is 2.22. The molecular formula is C14H12ClN3OS. The van der Waals surface area contributed by atoms with Crippen LogP contribution in [0.2, 0.25) is 4.34 Å². The van der Waals surface area contributed by atoms with Gasteiger partial charge in [0.05, 0.1) is 22.1 Å². The Morgan fingerprint density at radius 1 is 1.35 bits per heavy atom. The molecule has 0 aliphatic rings. The second kappa shape index (κ2) is 5.19. The van der Waals surface area contributed by atoms with Gasteiger partial charge in [0.1, 0.15) is 5.69 Å². The second-order valence-corrected chi connectivity index (χ2v) is 6.18. The lowest BCUT2D eigenvalue weighted by Gasteiger charge is -2.01. The molecule has 6 heteroatoms. The van der Waals surface area contributed by atoms with Gasteiger partial charge in [-0.3, -0.25) is 4.79 Å². The predicted molar refractivity (Wildman–Crippen MR) is 83.2 cm³/mol. The molecule has 0 atom stereocenters. The van der Waals surface area contributed by atoms with E-state index in [-0.39, 0.29) is 5.91 Å². The van der Waals surface area contributed by atoms with Crippen molar-refractivity contribution in [2.24, 2.45) is 0 Å². The number of carbonyl (C=O) groups excluding carboxylic acids is 1. The Balaban J connectivity index is 1.77. The summed E-state index contributed by atoms with van der Waals surface area (Å²) in [7, 11) is 0. The molecule has 1 aromatic carbocycles. The van der Waals surface area contributed by atoms with E-state index in [1.165, 1.54) is 11.3 Å². The second-order valence-electron chi connectivity index (χ2n) is 4.38. The fraction of sp³-hybridized carbons (Fsp3) is 0.0714. The Morgan fingerprint density at radius 3 is 2.90 bits per heavy atom. The molecule has 3 rings (SSSR count). The van der Waals surface area contributed by atoms with Crippen molar-refractivity contribution in [3.8, 4) is 0 Å². The van der Waals surface area contributed by atoms with Crippen molar-refractivity contribution in [2.75, 3.05) is 5.73 Å². The van der Waals surface area contributed by atoms with Gasteiger partial charge in [-0.25, -0.2) is 0 Å². The van der Waals surface area contributed by atoms with Crippen LogP contribution in [0.4, 0.5) is 5.69 Å². The number of aromatic amines is 1. The highest BCUT2D eigenvalue weighted by Gasteiger charge is 2.10. The number of hydrogen-bond donors (Lipinski definition) is 3. The Morgan fingerprint density at radius 2 is 2.20 bits per heavy atom. The van der Waals surface area contributed by atoms with E-state index in [1.54, 1.807) is 12.1 Å². The first kappa shape index (κ1) is 13.0. The molecule has 20 heavy (non-hydrogen) atoms. The van der Waals surface area contributed by atoms with E-state index in [9.17, 15) is 4.79 Å². The summed E-state index contributed by atoms with van der Waals surface area (Å²) in [6.45, 7) is 0.459. The topological polar surface area (TPSA) is 70.9 Å². The van der Waals surface area contributed by atoms with Crippen molar-refractivity contribution in [1.82, 2.24) is 10.3 Å². The highest BCUT2D eigenvalue weighted by molar-refractivity contribution is 7.16. The molecule has 0 saturated carbocycles. The van der Waals surface area contributed by atoms with Crippen LogP contribution >= 0.6 is 22.9 Å². The summed E-state index contributed by atoms with van der Waals surface area (Å²) in [5, 5.41) is 3.78. The minimum Gasteiger partial charge on any atom is -0.397 e. The monoisotopic (exact) mass is 305 g/mol. The Hall–Kier alpha value is -1.98. The lowest BCUT2D eigenvalue weighted by molar-refractivity contribution is 0.0947. The molecule has 0 saturated heterocycles. The molecule has 1 amide bonds. The third kappa shape index (κ3) is 2.50. The highest BCUT2D eigenvalue weighted by atomic mass is 35.5. The number of H-pyrrole nitrogens is 1. The zero-order valence-electron chi connectivity index (χ0n) is 10.4. The average Bonchev–Trinajstić information content (AvgIpc) is 3.03. The largest absolute Gasteiger partial charge is 0.397 e. The number of nitrogens with one attached hydrogen (secondary N) is 2. The van der Waals surface area contributed by atoms with Crippen molar-refractivity contribution in [3.05, 3.63) is 51.3 Å². The molecule has 102 valence electrons. The smallest absolute Gasteiger partial charge is 0.268 e. The molecule has 3 aromatic rings. The summed E-state index contributed by atoms with van der Waals surface area (Å²) in [6.07, 6.45) is 0. The number of rotatable bonds is 3. The third-order valence-corrected chi connectivity index (χ3v) is 4.22. The molecule has 0 aliphatic carbocycles. The van der Waals surface area contributed by atoms with E-state index < -0.39 is 0 Å². The standard InChI is InChI=1S/C14H12ClN3OS/c15-12-5-4-9(20-12)7-17-14(19)11-6-8-2-1-3-10(16)13(8)18-11/h1-6,18H,7,16H2,(H,17,19). The lowest BCUT2D eigenvalue weighted by Crippen LogP contribution is -2.22. The molecule has 2 heterocycles. The lowest BCUT2D eigenvalue weighted by atomic mass is 10.2. The van der Waals surface area contributed by atoms with Gasteiger partial charge in [0.15, 0.2) is 0 Å². The molecule has 0 spiro atoms. The normalized spacial score (nSPS) is 10.8. The van der Waals surface area contributed by atoms with Crippen LogP contribution in [0.5, 0.6) is 0 Å². The minimum atomic E-state index is -0.162. The van der Waals surface area contributed by atoms with Gasteiger partial charge in [-0.15, -0.1) is 11.3 Å². The number of aromatic nitrogens is 1. The molecule has 0 fully saturated rings. The van der Waals surface area contributed by atoms with E-state index in [0.717, 1.165) is 15.8 Å². The number of benzene rings is 1. The van der Waals surface area contributed by atoms with Gasteiger partial charge in [0, 0.05) is 10.3 Å². The van der Waals surface area contributed by atoms with Crippen LogP contribution in [-0.2, 0) is 6.54 Å². The zero-order valence-corrected chi connectivity index (χ0v) is 12.0. The number of carbonyl (C=O) groups is 1. The number of halogens is 1. The summed E-state index contributed by atoms with van der Waals surface area (Å²) in [5.74, 6) is -0.162. The number of fused-ring (bicyclic) bond motifs is 1. The number of amides is 1. The fourth-order valence-electron chi connectivity index (χ4n) is 2.01. The summed E-state index contributed by atoms with van der Waals surface area (Å²) >= 11 is 7.30. The maximum Gasteiger partial charge on any atom is 0.268 e. The fourth-order valence-corrected chi connectivity index (χ4v) is 3.04. The van der Waals surface area contributed by atoms with Crippen LogP contribution in [0.1, 0.15) is 15.4 Å². The van der Waals surface area contributed by atoms with E-state index in [1.807, 2.05) is 24.3 Å². The van der Waals surface area contributed by atoms with Crippen molar-refractivity contribution >= 4 is 45.4 Å². The maximum atomic E-state index is 12.1. The predicted octanol–water partition coefficient (Wildman–Crippen LogP) is 3.40. The summed E-state index contributed by atoms with van der Waals surface area (Å²) < 4.78 is 0.715. The van der Waals surface area contributed by atoms with Crippen molar-refractivity contribution < 1.29 is 4.79 Å². The molecule has 0 radical (unpaired) electrons. The van der Waals surface area contributed by atoms with Gasteiger partial charge >= 0.3 is 0 Å². The first-order valence-corrected chi connectivity index (χ1v) is 7.22. The van der Waals surface area contributed by atoms with Crippen LogP contribution in [0, 0.1) is 0 Å². The number of para-hydroxylation sites is 1. The first-order chi connectivity index (χ1) is 9.63. The van der Waals surface area contributed by atoms with Gasteiger partial charge in [-0.05, 0) is 24.3 Å². The average molecular weight is 306 g/mol. The Bertz CT molecular complexity index is 778. The molecule has 4 nitrogen and oxygen atoms in total. The van der Waals surface area contributed by atoms with Gasteiger partial charge in [0.25, 0.3) is 5.91 Å². The summed E-state index contributed by atoms with van der Waals surface area (Å²) in [6, 6.07) is 11.1. The van der Waals surface area contributed by atoms with E-state index in [0.29, 0.717) is 22.3 Å². The molecule has 0 bridgehead atoms. The first-order valence-electron chi connectivity index (χ1n) is 6.03. The maximum absolute atomic E-state index is 12.1. The number of anilines is 1. The molecule has 4 N–H and O–H groups in total. The van der Waals surface area contributed by atoms with Crippen LogP contribution in [0.25, 0.3) is 10.9 Å². The molecule has 0 aliphatic heterocycles. The van der Waals surface area contributed by atoms with Crippen molar-refractivity contribution in [3.63, 3.8) is 0 Å². The Labute approximate surface area is 124 Å². The number of thiophene rings is 1. The molecule has 2 aromatic heterocycles. The van der Waals surface area contributed by atoms with Gasteiger partial charge in [-0.2, -0.15) is 0 Å². The van der Waals surface area contributed by atoms with Crippen LogP contribution in [0.3, 0.4) is 0 Å². The van der Waals surface area contributed by atoms with E-state index in [4.69, 9.17) is 17.3 Å². The quantitative estimate of drug-likeness (QED) is 0.649. The van der Waals surface area contributed by atoms with Crippen LogP contribution < -0.4 is 11.1 Å². The van der Waals surface area contributed by atoms with Crippen molar-refractivity contribution in [1.29, 1.82) is 0 Å².